The van der Waals surface area contributed by atoms with Crippen molar-refractivity contribution in [2.24, 2.45) is 0 Å². The lowest BCUT2D eigenvalue weighted by molar-refractivity contribution is 0.201. The molecule has 4 nitrogen and oxygen atoms in total. The number of nitrogens with zero attached hydrogens (tertiary/aromatic N) is 1. The number of benzene rings is 2. The van der Waals surface area contributed by atoms with Gasteiger partial charge in [-0.1, -0.05) is 35.9 Å². The minimum absolute atomic E-state index is 0.211. The van der Waals surface area contributed by atoms with E-state index in [0.29, 0.717) is 22.2 Å². The van der Waals surface area contributed by atoms with Crippen molar-refractivity contribution in [3.63, 3.8) is 0 Å². The van der Waals surface area contributed by atoms with E-state index in [9.17, 15) is 9.90 Å². The van der Waals surface area contributed by atoms with Gasteiger partial charge in [-0.2, -0.15) is 0 Å². The summed E-state index contributed by atoms with van der Waals surface area (Å²) >= 11 is 6.12. The fourth-order valence-electron chi connectivity index (χ4n) is 2.09. The molecule has 0 saturated heterocycles. The molecule has 3 rings (SSSR count). The van der Waals surface area contributed by atoms with E-state index in [2.05, 4.69) is 0 Å². The van der Waals surface area contributed by atoms with E-state index in [1.165, 1.54) is 4.90 Å². The van der Waals surface area contributed by atoms with Crippen LogP contribution >= 0.6 is 11.6 Å². The highest BCUT2D eigenvalue weighted by Gasteiger charge is 2.25. The Kier molecular flexibility index (Phi) is 2.80. The van der Waals surface area contributed by atoms with Gasteiger partial charge in [0.1, 0.15) is 0 Å². The van der Waals surface area contributed by atoms with Gasteiger partial charge in [-0.05, 0) is 18.2 Å². The van der Waals surface area contributed by atoms with Crippen molar-refractivity contribution in [2.45, 2.75) is 6.54 Å². The second kappa shape index (κ2) is 4.48. The summed E-state index contributed by atoms with van der Waals surface area (Å²) < 4.78 is 5.78. The summed E-state index contributed by atoms with van der Waals surface area (Å²) in [7, 11) is 0. The first-order valence-electron chi connectivity index (χ1n) is 5.71. The van der Waals surface area contributed by atoms with Crippen LogP contribution in [-0.4, -0.2) is 11.2 Å². The molecule has 19 heavy (non-hydrogen) atoms. The molecule has 1 amide bonds. The summed E-state index contributed by atoms with van der Waals surface area (Å²) in [6, 6.07) is 12.3. The molecule has 0 aromatic heterocycles. The number of ether oxygens (including phenoxy) is 1. The molecule has 0 radical (unpaired) electrons. The second-order valence-corrected chi connectivity index (χ2v) is 4.57. The summed E-state index contributed by atoms with van der Waals surface area (Å²) in [4.78, 5) is 12.6. The molecular formula is C14H10ClNO3. The van der Waals surface area contributed by atoms with E-state index in [-0.39, 0.29) is 6.54 Å². The first kappa shape index (κ1) is 11.9. The molecule has 0 aliphatic carbocycles. The predicted octanol–water partition coefficient (Wildman–Crippen LogP) is 4.13. The number of hydrogen-bond acceptors (Lipinski definition) is 2. The molecule has 0 bridgehead atoms. The van der Waals surface area contributed by atoms with Crippen LogP contribution in [0.2, 0.25) is 5.02 Å². The van der Waals surface area contributed by atoms with Crippen molar-refractivity contribution in [1.29, 1.82) is 0 Å². The van der Waals surface area contributed by atoms with Crippen molar-refractivity contribution in [1.82, 2.24) is 0 Å². The highest BCUT2D eigenvalue weighted by Crippen LogP contribution is 2.41. The van der Waals surface area contributed by atoms with Crippen LogP contribution in [0.5, 0.6) is 11.5 Å². The molecule has 0 spiro atoms. The molecule has 1 N–H and O–H groups in total. The molecule has 0 saturated carbocycles. The maximum absolute atomic E-state index is 11.4. The average molecular weight is 276 g/mol. The summed E-state index contributed by atoms with van der Waals surface area (Å²) in [6.45, 7) is 0.211. The largest absolute Gasteiger partial charge is 0.465 e. The van der Waals surface area contributed by atoms with Crippen molar-refractivity contribution in [3.8, 4) is 11.5 Å². The van der Waals surface area contributed by atoms with E-state index in [0.717, 1.165) is 5.56 Å². The number of amides is 1. The molecule has 0 unspecified atom stereocenters. The number of carboxylic acid groups (broad SMARTS) is 1. The third-order valence-corrected chi connectivity index (χ3v) is 3.27. The summed E-state index contributed by atoms with van der Waals surface area (Å²) in [6.07, 6.45) is -1.02. The molecule has 96 valence electrons. The van der Waals surface area contributed by atoms with E-state index in [1.54, 1.807) is 36.4 Å². The SMILES string of the molecule is O=C(O)N1Cc2cccc(Cl)c2Oc2ccccc21. The van der Waals surface area contributed by atoms with Crippen molar-refractivity contribution >= 4 is 23.4 Å². The topological polar surface area (TPSA) is 49.8 Å². The number of rotatable bonds is 0. The third-order valence-electron chi connectivity index (χ3n) is 2.98. The van der Waals surface area contributed by atoms with Crippen molar-refractivity contribution in [3.05, 3.63) is 53.1 Å². The van der Waals surface area contributed by atoms with Gasteiger partial charge in [0.15, 0.2) is 11.5 Å². The van der Waals surface area contributed by atoms with Gasteiger partial charge in [0.25, 0.3) is 0 Å². The quantitative estimate of drug-likeness (QED) is 0.786. The molecule has 0 atom stereocenters. The molecule has 2 aromatic rings. The average Bonchev–Trinajstić information content (AvgIpc) is 2.56. The lowest BCUT2D eigenvalue weighted by atomic mass is 10.2. The maximum Gasteiger partial charge on any atom is 0.412 e. The molecule has 1 aliphatic heterocycles. The first-order valence-corrected chi connectivity index (χ1v) is 6.09. The van der Waals surface area contributed by atoms with Gasteiger partial charge in [0.2, 0.25) is 0 Å². The highest BCUT2D eigenvalue weighted by molar-refractivity contribution is 6.32. The van der Waals surface area contributed by atoms with Gasteiger partial charge in [0, 0.05) is 5.56 Å². The zero-order chi connectivity index (χ0) is 13.4. The Balaban J connectivity index is 2.20. The van der Waals surface area contributed by atoms with Gasteiger partial charge in [0.05, 0.1) is 17.3 Å². The minimum Gasteiger partial charge on any atom is -0.465 e. The zero-order valence-electron chi connectivity index (χ0n) is 9.84. The third kappa shape index (κ3) is 2.00. The Morgan fingerprint density at radius 3 is 2.79 bits per heavy atom. The summed E-state index contributed by atoms with van der Waals surface area (Å²) in [5, 5.41) is 9.81. The maximum atomic E-state index is 11.4. The van der Waals surface area contributed by atoms with Gasteiger partial charge in [-0.15, -0.1) is 0 Å². The monoisotopic (exact) mass is 275 g/mol. The van der Waals surface area contributed by atoms with E-state index in [4.69, 9.17) is 16.3 Å². The van der Waals surface area contributed by atoms with Gasteiger partial charge in [-0.3, -0.25) is 4.90 Å². The van der Waals surface area contributed by atoms with E-state index < -0.39 is 6.09 Å². The van der Waals surface area contributed by atoms with Crippen molar-refractivity contribution in [2.75, 3.05) is 4.90 Å². The van der Waals surface area contributed by atoms with Crippen LogP contribution in [0.25, 0.3) is 0 Å². The van der Waals surface area contributed by atoms with Crippen molar-refractivity contribution < 1.29 is 14.6 Å². The van der Waals surface area contributed by atoms with Crippen LogP contribution in [0.4, 0.5) is 10.5 Å². The Morgan fingerprint density at radius 1 is 1.21 bits per heavy atom. The first-order chi connectivity index (χ1) is 9.16. The number of fused-ring (bicyclic) bond motifs is 2. The Morgan fingerprint density at radius 2 is 2.00 bits per heavy atom. The van der Waals surface area contributed by atoms with Crippen LogP contribution in [0.3, 0.4) is 0 Å². The second-order valence-electron chi connectivity index (χ2n) is 4.17. The minimum atomic E-state index is -1.02. The number of para-hydroxylation sites is 3. The van der Waals surface area contributed by atoms with Gasteiger partial charge < -0.3 is 9.84 Å². The van der Waals surface area contributed by atoms with E-state index in [1.807, 2.05) is 6.07 Å². The lowest BCUT2D eigenvalue weighted by Gasteiger charge is -2.17. The molecule has 5 heteroatoms. The summed E-state index contributed by atoms with van der Waals surface area (Å²) in [5.41, 5.74) is 1.26. The molecule has 2 aromatic carbocycles. The molecule has 1 aliphatic rings. The smallest absolute Gasteiger partial charge is 0.412 e. The van der Waals surface area contributed by atoms with Crippen LogP contribution in [-0.2, 0) is 6.54 Å². The van der Waals surface area contributed by atoms with Crippen LogP contribution in [0, 0.1) is 0 Å². The van der Waals surface area contributed by atoms with Gasteiger partial charge >= 0.3 is 6.09 Å². The Hall–Kier alpha value is -2.20. The summed E-state index contributed by atoms with van der Waals surface area (Å²) in [5.74, 6) is 0.997. The fraction of sp³-hybridized carbons (Fsp3) is 0.0714. The predicted molar refractivity (Wildman–Crippen MR) is 72.2 cm³/mol. The lowest BCUT2D eigenvalue weighted by Crippen LogP contribution is -2.27. The number of halogens is 1. The van der Waals surface area contributed by atoms with Crippen LogP contribution in [0.15, 0.2) is 42.5 Å². The number of carbonyl (C=O) groups is 1. The van der Waals surface area contributed by atoms with Crippen LogP contribution < -0.4 is 9.64 Å². The fourth-order valence-corrected chi connectivity index (χ4v) is 2.33. The molecular weight excluding hydrogens is 266 g/mol. The zero-order valence-corrected chi connectivity index (χ0v) is 10.6. The molecule has 0 fully saturated rings. The normalized spacial score (nSPS) is 13.0. The van der Waals surface area contributed by atoms with Crippen LogP contribution in [0.1, 0.15) is 5.56 Å². The standard InChI is InChI=1S/C14H10ClNO3/c15-10-5-3-4-9-8-16(14(17)18)11-6-1-2-7-12(11)19-13(9)10/h1-7H,8H2,(H,17,18). The Bertz CT molecular complexity index is 657. The number of anilines is 1. The highest BCUT2D eigenvalue weighted by atomic mass is 35.5. The molecule has 1 heterocycles. The Labute approximate surface area is 114 Å². The van der Waals surface area contributed by atoms with Gasteiger partial charge in [-0.25, -0.2) is 4.79 Å². The number of hydrogen-bond donors (Lipinski definition) is 1. The van der Waals surface area contributed by atoms with E-state index >= 15 is 0 Å².